The summed E-state index contributed by atoms with van der Waals surface area (Å²) in [6.45, 7) is 6.81. The summed E-state index contributed by atoms with van der Waals surface area (Å²) in [5.74, 6) is -0.524. The molecule has 4 nitrogen and oxygen atoms in total. The van der Waals surface area contributed by atoms with Crippen molar-refractivity contribution in [1.29, 1.82) is 0 Å². The molecule has 0 aliphatic heterocycles. The smallest absolute Gasteiger partial charge is 0.334 e. The highest BCUT2D eigenvalue weighted by Gasteiger charge is 2.43. The van der Waals surface area contributed by atoms with E-state index in [4.69, 9.17) is 4.74 Å². The van der Waals surface area contributed by atoms with Crippen molar-refractivity contribution in [3.63, 3.8) is 0 Å². The summed E-state index contributed by atoms with van der Waals surface area (Å²) in [7, 11) is 3.11. The first kappa shape index (κ1) is 15.9. The van der Waals surface area contributed by atoms with Crippen LogP contribution in [-0.2, 0) is 9.53 Å². The molecule has 0 aromatic heterocycles. The van der Waals surface area contributed by atoms with E-state index in [1.807, 2.05) is 6.92 Å². The van der Waals surface area contributed by atoms with E-state index in [1.165, 1.54) is 0 Å². The average Bonchev–Trinajstić information content (AvgIpc) is 2.02. The fourth-order valence-corrected chi connectivity index (χ4v) is 0.829. The highest BCUT2D eigenvalue weighted by molar-refractivity contribution is 5.81. The van der Waals surface area contributed by atoms with Gasteiger partial charge in [0.25, 0.3) is 5.72 Å². The maximum Gasteiger partial charge on any atom is 0.334 e. The molecule has 0 saturated carbocycles. The Morgan fingerprint density at radius 3 is 2.29 bits per heavy atom. The Morgan fingerprint density at radius 2 is 2.07 bits per heavy atom. The van der Waals surface area contributed by atoms with Crippen molar-refractivity contribution in [1.82, 2.24) is 0 Å². The fraction of sp³-hybridized carbons (Fsp3) is 0.667. The molecule has 0 spiro atoms. The number of carbonyl (C=O) groups excluding carboxylic acids is 1. The van der Waals surface area contributed by atoms with E-state index in [1.54, 1.807) is 21.0 Å². The highest BCUT2D eigenvalue weighted by atomic mass is 35.5. The van der Waals surface area contributed by atoms with Crippen LogP contribution < -0.4 is 12.4 Å². The number of nitrogens with zero attached hydrogens (tertiary/aromatic N) is 1. The maximum atomic E-state index is 11.0. The zero-order valence-corrected chi connectivity index (χ0v) is 9.84. The van der Waals surface area contributed by atoms with Crippen LogP contribution in [0.4, 0.5) is 0 Å². The summed E-state index contributed by atoms with van der Waals surface area (Å²) in [6, 6.07) is 0. The zero-order valence-electron chi connectivity index (χ0n) is 9.08. The molecule has 0 aromatic carbocycles. The van der Waals surface area contributed by atoms with Gasteiger partial charge in [-0.3, -0.25) is 0 Å². The number of hydrogen-bond donors (Lipinski definition) is 1. The van der Waals surface area contributed by atoms with Crippen molar-refractivity contribution in [3.05, 3.63) is 12.7 Å². The molecule has 0 fully saturated rings. The van der Waals surface area contributed by atoms with E-state index < -0.39 is 16.3 Å². The van der Waals surface area contributed by atoms with Gasteiger partial charge in [0.1, 0.15) is 14.1 Å². The maximum absolute atomic E-state index is 11.0. The fourth-order valence-electron chi connectivity index (χ4n) is 0.829. The standard InChI is InChI=1S/C9H18NO3.ClH/c1-6-8(11)13-9(3,7-2)10(4,5)12;/h6,12H,1,7H2,2-5H3;1H/q+1;/p-1. The van der Waals surface area contributed by atoms with E-state index >= 15 is 0 Å². The predicted molar refractivity (Wildman–Crippen MR) is 48.9 cm³/mol. The van der Waals surface area contributed by atoms with Gasteiger partial charge in [-0.15, -0.1) is 0 Å². The monoisotopic (exact) mass is 223 g/mol. The van der Waals surface area contributed by atoms with Crippen LogP contribution in [0.5, 0.6) is 0 Å². The lowest BCUT2D eigenvalue weighted by Gasteiger charge is -2.37. The van der Waals surface area contributed by atoms with E-state index in [-0.39, 0.29) is 12.4 Å². The van der Waals surface area contributed by atoms with Crippen molar-refractivity contribution >= 4 is 5.97 Å². The molecule has 0 bridgehead atoms. The number of quaternary nitrogens is 1. The Bertz CT molecular complexity index is 213. The molecule has 0 aliphatic rings. The molecule has 1 atom stereocenters. The van der Waals surface area contributed by atoms with Crippen LogP contribution in [-0.4, -0.2) is 35.6 Å². The van der Waals surface area contributed by atoms with Crippen molar-refractivity contribution in [2.24, 2.45) is 0 Å². The molecule has 84 valence electrons. The number of rotatable bonds is 4. The first-order chi connectivity index (χ1) is 5.77. The summed E-state index contributed by atoms with van der Waals surface area (Å²) in [5, 5.41) is 9.71. The topological polar surface area (TPSA) is 46.5 Å². The van der Waals surface area contributed by atoms with E-state index in [2.05, 4.69) is 6.58 Å². The Balaban J connectivity index is 0. The summed E-state index contributed by atoms with van der Waals surface area (Å²) >= 11 is 0. The van der Waals surface area contributed by atoms with Gasteiger partial charge in [0, 0.05) is 19.4 Å². The van der Waals surface area contributed by atoms with Gasteiger partial charge >= 0.3 is 5.97 Å². The van der Waals surface area contributed by atoms with Crippen LogP contribution in [0.3, 0.4) is 0 Å². The molecular formula is C9H18ClNO3. The molecule has 0 heterocycles. The number of hydrogen-bond acceptors (Lipinski definition) is 3. The Kier molecular flexibility index (Phi) is 6.05. The molecule has 1 unspecified atom stereocenters. The minimum Gasteiger partial charge on any atom is -1.00 e. The molecule has 0 aromatic rings. The lowest BCUT2D eigenvalue weighted by atomic mass is 10.1. The Hall–Kier alpha value is -0.580. The van der Waals surface area contributed by atoms with Crippen LogP contribution in [0, 0.1) is 0 Å². The van der Waals surface area contributed by atoms with Gasteiger partial charge in [-0.25, -0.2) is 10.0 Å². The second-order valence-electron chi connectivity index (χ2n) is 3.55. The predicted octanol–water partition coefficient (Wildman–Crippen LogP) is -1.69. The first-order valence-electron chi connectivity index (χ1n) is 4.19. The third kappa shape index (κ3) is 3.65. The van der Waals surface area contributed by atoms with Gasteiger partial charge in [-0.05, 0) is 0 Å². The second-order valence-corrected chi connectivity index (χ2v) is 3.55. The van der Waals surface area contributed by atoms with Crippen LogP contribution in [0.2, 0.25) is 0 Å². The Labute approximate surface area is 91.1 Å². The normalized spacial score (nSPS) is 14.9. The summed E-state index contributed by atoms with van der Waals surface area (Å²) in [5.41, 5.74) is -0.925. The molecule has 0 aliphatic carbocycles. The van der Waals surface area contributed by atoms with Crippen LogP contribution >= 0.6 is 0 Å². The number of hydroxylamine groups is 3. The molecule has 5 heteroatoms. The van der Waals surface area contributed by atoms with Crippen LogP contribution in [0.25, 0.3) is 0 Å². The molecule has 0 saturated heterocycles. The SMILES string of the molecule is C=CC(=O)OC(C)(CC)[N+](C)(C)O.[Cl-]. The number of esters is 1. The third-order valence-electron chi connectivity index (χ3n) is 2.30. The van der Waals surface area contributed by atoms with Crippen molar-refractivity contribution in [2.45, 2.75) is 26.0 Å². The van der Waals surface area contributed by atoms with E-state index in [0.29, 0.717) is 6.42 Å². The van der Waals surface area contributed by atoms with E-state index in [9.17, 15) is 10.0 Å². The lowest BCUT2D eigenvalue weighted by Crippen LogP contribution is -3.00. The summed E-state index contributed by atoms with van der Waals surface area (Å²) in [4.78, 5) is 11.0. The number of ether oxygens (including phenoxy) is 1. The number of halogens is 1. The quantitative estimate of drug-likeness (QED) is 0.204. The third-order valence-corrected chi connectivity index (χ3v) is 2.30. The molecular weight excluding hydrogens is 206 g/mol. The first-order valence-corrected chi connectivity index (χ1v) is 4.19. The molecule has 0 rings (SSSR count). The van der Waals surface area contributed by atoms with Crippen LogP contribution in [0.15, 0.2) is 12.7 Å². The van der Waals surface area contributed by atoms with Crippen LogP contribution in [0.1, 0.15) is 20.3 Å². The minimum absolute atomic E-state index is 0. The Morgan fingerprint density at radius 1 is 1.64 bits per heavy atom. The average molecular weight is 224 g/mol. The molecule has 1 N–H and O–H groups in total. The van der Waals surface area contributed by atoms with Gasteiger partial charge in [0.05, 0.1) is 0 Å². The van der Waals surface area contributed by atoms with Gasteiger partial charge in [-0.2, -0.15) is 4.65 Å². The summed E-state index contributed by atoms with van der Waals surface area (Å²) < 4.78 is 4.65. The van der Waals surface area contributed by atoms with Crippen molar-refractivity contribution in [3.8, 4) is 0 Å². The lowest BCUT2D eigenvalue weighted by molar-refractivity contribution is -1.13. The van der Waals surface area contributed by atoms with E-state index in [0.717, 1.165) is 6.08 Å². The molecule has 0 radical (unpaired) electrons. The van der Waals surface area contributed by atoms with Gasteiger partial charge in [0.15, 0.2) is 0 Å². The van der Waals surface area contributed by atoms with Gasteiger partial charge < -0.3 is 17.1 Å². The molecule has 0 amide bonds. The number of carbonyl (C=O) groups is 1. The highest BCUT2D eigenvalue weighted by Crippen LogP contribution is 2.23. The zero-order chi connectivity index (χ0) is 10.7. The van der Waals surface area contributed by atoms with Gasteiger partial charge in [-0.1, -0.05) is 13.5 Å². The molecule has 14 heavy (non-hydrogen) atoms. The van der Waals surface area contributed by atoms with Crippen molar-refractivity contribution in [2.75, 3.05) is 14.1 Å². The second kappa shape index (κ2) is 5.34. The van der Waals surface area contributed by atoms with Crippen molar-refractivity contribution < 1.29 is 31.8 Å². The largest absolute Gasteiger partial charge is 1.00 e. The van der Waals surface area contributed by atoms with Gasteiger partial charge in [0.2, 0.25) is 0 Å². The minimum atomic E-state index is -0.925. The summed E-state index contributed by atoms with van der Waals surface area (Å²) in [6.07, 6.45) is 1.61.